The number of unbranched alkanes of at least 4 members (excludes halogenated alkanes) is 1. The third-order valence-corrected chi connectivity index (χ3v) is 2.82. The molecule has 0 rings (SSSR count). The van der Waals surface area contributed by atoms with Crippen LogP contribution in [0.3, 0.4) is 0 Å². The summed E-state index contributed by atoms with van der Waals surface area (Å²) in [6.07, 6.45) is 2.95. The number of rotatable bonds is 8. The standard InChI is InChI=1S/C12H25N3O2/c1-4-6-7-15(10(3)5-2)12(17)9-14-11(16)8-13/h10H,4-9,13H2,1-3H3,(H,14,16). The van der Waals surface area contributed by atoms with Crippen molar-refractivity contribution >= 4 is 11.8 Å². The van der Waals surface area contributed by atoms with Crippen molar-refractivity contribution in [1.82, 2.24) is 10.2 Å². The molecule has 0 aromatic heterocycles. The van der Waals surface area contributed by atoms with E-state index in [-0.39, 0.29) is 30.9 Å². The van der Waals surface area contributed by atoms with Gasteiger partial charge in [0.25, 0.3) is 0 Å². The van der Waals surface area contributed by atoms with Gasteiger partial charge in [0.1, 0.15) is 0 Å². The Labute approximate surface area is 104 Å². The van der Waals surface area contributed by atoms with Crippen molar-refractivity contribution in [3.8, 4) is 0 Å². The van der Waals surface area contributed by atoms with Crippen LogP contribution in [0.2, 0.25) is 0 Å². The molecule has 0 aliphatic carbocycles. The number of amides is 2. The van der Waals surface area contributed by atoms with Crippen molar-refractivity contribution in [2.45, 2.75) is 46.1 Å². The Morgan fingerprint density at radius 2 is 2.00 bits per heavy atom. The van der Waals surface area contributed by atoms with Gasteiger partial charge < -0.3 is 16.0 Å². The van der Waals surface area contributed by atoms with Crippen LogP contribution in [0.5, 0.6) is 0 Å². The van der Waals surface area contributed by atoms with Gasteiger partial charge in [-0.1, -0.05) is 20.3 Å². The van der Waals surface area contributed by atoms with Gasteiger partial charge in [0.2, 0.25) is 11.8 Å². The summed E-state index contributed by atoms with van der Waals surface area (Å²) in [6.45, 7) is 6.89. The summed E-state index contributed by atoms with van der Waals surface area (Å²) in [4.78, 5) is 24.8. The molecule has 0 aliphatic rings. The van der Waals surface area contributed by atoms with Gasteiger partial charge in [-0.25, -0.2) is 0 Å². The average Bonchev–Trinajstić information content (AvgIpc) is 2.35. The van der Waals surface area contributed by atoms with E-state index in [0.29, 0.717) is 0 Å². The zero-order valence-electron chi connectivity index (χ0n) is 11.2. The highest BCUT2D eigenvalue weighted by atomic mass is 16.2. The zero-order chi connectivity index (χ0) is 13.3. The lowest BCUT2D eigenvalue weighted by Gasteiger charge is -2.28. The second-order valence-electron chi connectivity index (χ2n) is 4.18. The van der Waals surface area contributed by atoms with Crippen LogP contribution in [0.25, 0.3) is 0 Å². The summed E-state index contributed by atoms with van der Waals surface area (Å²) in [5, 5.41) is 2.51. The molecule has 0 radical (unpaired) electrons. The highest BCUT2D eigenvalue weighted by molar-refractivity contribution is 5.85. The van der Waals surface area contributed by atoms with Gasteiger partial charge in [0, 0.05) is 12.6 Å². The first-order valence-corrected chi connectivity index (χ1v) is 6.33. The highest BCUT2D eigenvalue weighted by Crippen LogP contribution is 2.05. The van der Waals surface area contributed by atoms with Crippen LogP contribution in [0.1, 0.15) is 40.0 Å². The second-order valence-corrected chi connectivity index (χ2v) is 4.18. The Morgan fingerprint density at radius 1 is 1.35 bits per heavy atom. The molecule has 1 unspecified atom stereocenters. The fourth-order valence-corrected chi connectivity index (χ4v) is 1.49. The first kappa shape index (κ1) is 15.9. The Hall–Kier alpha value is -1.10. The van der Waals surface area contributed by atoms with Gasteiger partial charge in [0.15, 0.2) is 0 Å². The summed E-state index contributed by atoms with van der Waals surface area (Å²) in [5.74, 6) is -0.326. The molecule has 5 heteroatoms. The van der Waals surface area contributed by atoms with Gasteiger partial charge in [0.05, 0.1) is 13.1 Å². The number of carbonyl (C=O) groups excluding carboxylic acids is 2. The molecule has 1 atom stereocenters. The molecule has 0 fully saturated rings. The van der Waals surface area contributed by atoms with Gasteiger partial charge in [-0.15, -0.1) is 0 Å². The Balaban J connectivity index is 4.26. The van der Waals surface area contributed by atoms with Crippen LogP contribution in [-0.4, -0.2) is 42.4 Å². The number of hydrogen-bond acceptors (Lipinski definition) is 3. The number of nitrogens with zero attached hydrogens (tertiary/aromatic N) is 1. The van der Waals surface area contributed by atoms with Crippen LogP contribution in [0, 0.1) is 0 Å². The SMILES string of the molecule is CCCCN(C(=O)CNC(=O)CN)C(C)CC. The van der Waals surface area contributed by atoms with E-state index >= 15 is 0 Å². The molecular weight excluding hydrogens is 218 g/mol. The maximum atomic E-state index is 11.9. The van der Waals surface area contributed by atoms with E-state index in [9.17, 15) is 9.59 Å². The van der Waals surface area contributed by atoms with Crippen molar-refractivity contribution in [3.05, 3.63) is 0 Å². The van der Waals surface area contributed by atoms with E-state index in [1.807, 2.05) is 11.8 Å². The molecule has 2 amide bonds. The molecule has 3 N–H and O–H groups in total. The normalized spacial score (nSPS) is 12.0. The van der Waals surface area contributed by atoms with Crippen molar-refractivity contribution in [1.29, 1.82) is 0 Å². The maximum Gasteiger partial charge on any atom is 0.242 e. The van der Waals surface area contributed by atoms with Crippen LogP contribution in [0.4, 0.5) is 0 Å². The van der Waals surface area contributed by atoms with E-state index in [2.05, 4.69) is 19.2 Å². The van der Waals surface area contributed by atoms with Gasteiger partial charge >= 0.3 is 0 Å². The Morgan fingerprint density at radius 3 is 2.47 bits per heavy atom. The predicted octanol–water partition coefficient (Wildman–Crippen LogP) is 0.489. The summed E-state index contributed by atoms with van der Waals surface area (Å²) in [6, 6.07) is 0.212. The summed E-state index contributed by atoms with van der Waals surface area (Å²) in [5.41, 5.74) is 5.16. The van der Waals surface area contributed by atoms with Gasteiger partial charge in [-0.2, -0.15) is 0 Å². The summed E-state index contributed by atoms with van der Waals surface area (Å²) >= 11 is 0. The molecule has 0 spiro atoms. The lowest BCUT2D eigenvalue weighted by atomic mass is 10.2. The van der Waals surface area contributed by atoms with E-state index in [4.69, 9.17) is 5.73 Å². The van der Waals surface area contributed by atoms with Crippen molar-refractivity contribution < 1.29 is 9.59 Å². The molecule has 17 heavy (non-hydrogen) atoms. The van der Waals surface area contributed by atoms with Gasteiger partial charge in [-0.3, -0.25) is 9.59 Å². The Kier molecular flexibility index (Phi) is 8.40. The van der Waals surface area contributed by atoms with Crippen molar-refractivity contribution in [2.24, 2.45) is 5.73 Å². The van der Waals surface area contributed by atoms with E-state index in [1.54, 1.807) is 0 Å². The van der Waals surface area contributed by atoms with E-state index < -0.39 is 0 Å². The lowest BCUT2D eigenvalue weighted by Crippen LogP contribution is -2.45. The summed E-state index contributed by atoms with van der Waals surface area (Å²) in [7, 11) is 0. The quantitative estimate of drug-likeness (QED) is 0.651. The largest absolute Gasteiger partial charge is 0.346 e. The third kappa shape index (κ3) is 6.26. The van der Waals surface area contributed by atoms with Crippen LogP contribution < -0.4 is 11.1 Å². The molecule has 0 heterocycles. The van der Waals surface area contributed by atoms with Crippen molar-refractivity contribution in [2.75, 3.05) is 19.6 Å². The lowest BCUT2D eigenvalue weighted by molar-refractivity contribution is -0.134. The van der Waals surface area contributed by atoms with Crippen LogP contribution in [0.15, 0.2) is 0 Å². The zero-order valence-corrected chi connectivity index (χ0v) is 11.2. The minimum Gasteiger partial charge on any atom is -0.346 e. The second kappa shape index (κ2) is 8.98. The van der Waals surface area contributed by atoms with E-state index in [0.717, 1.165) is 25.8 Å². The highest BCUT2D eigenvalue weighted by Gasteiger charge is 2.18. The van der Waals surface area contributed by atoms with Crippen molar-refractivity contribution in [3.63, 3.8) is 0 Å². The van der Waals surface area contributed by atoms with E-state index in [1.165, 1.54) is 0 Å². The smallest absolute Gasteiger partial charge is 0.242 e. The fourth-order valence-electron chi connectivity index (χ4n) is 1.49. The van der Waals surface area contributed by atoms with Gasteiger partial charge in [-0.05, 0) is 19.8 Å². The monoisotopic (exact) mass is 243 g/mol. The third-order valence-electron chi connectivity index (χ3n) is 2.82. The molecule has 100 valence electrons. The topological polar surface area (TPSA) is 75.4 Å². The molecule has 0 aliphatic heterocycles. The minimum atomic E-state index is -0.294. The number of nitrogens with two attached hydrogens (primary N) is 1. The average molecular weight is 243 g/mol. The molecule has 0 saturated heterocycles. The number of carbonyl (C=O) groups is 2. The Bertz CT molecular complexity index is 244. The number of nitrogens with one attached hydrogen (secondary N) is 1. The summed E-state index contributed by atoms with van der Waals surface area (Å²) < 4.78 is 0. The predicted molar refractivity (Wildman–Crippen MR) is 68.4 cm³/mol. The first-order chi connectivity index (χ1) is 8.06. The molecule has 0 saturated carbocycles. The molecular formula is C12H25N3O2. The van der Waals surface area contributed by atoms with Crippen LogP contribution in [-0.2, 0) is 9.59 Å². The molecule has 0 aromatic rings. The molecule has 0 bridgehead atoms. The first-order valence-electron chi connectivity index (χ1n) is 6.33. The molecule has 0 aromatic carbocycles. The fraction of sp³-hybridized carbons (Fsp3) is 0.833. The number of hydrogen-bond donors (Lipinski definition) is 2. The minimum absolute atomic E-state index is 0.0328. The maximum absolute atomic E-state index is 11.9. The molecule has 5 nitrogen and oxygen atoms in total. The van der Waals surface area contributed by atoms with Crippen LogP contribution >= 0.6 is 0 Å².